The van der Waals surface area contributed by atoms with Crippen LogP contribution in [0.5, 0.6) is 0 Å². The molecule has 1 saturated heterocycles. The quantitative estimate of drug-likeness (QED) is 0.887. The first-order valence-corrected chi connectivity index (χ1v) is 6.93. The fourth-order valence-electron chi connectivity index (χ4n) is 2.76. The normalized spacial score (nSPS) is 19.5. The Bertz CT molecular complexity index is 384. The molecule has 1 aliphatic rings. The van der Waals surface area contributed by atoms with E-state index < -0.39 is 0 Å². The number of benzene rings is 1. The minimum atomic E-state index is -0.105. The number of nitrogens with one attached hydrogen (secondary N) is 1. The first-order valence-electron chi connectivity index (χ1n) is 6.93. The second-order valence-electron chi connectivity index (χ2n) is 5.07. The summed E-state index contributed by atoms with van der Waals surface area (Å²) in [5.74, 6) is -0.105. The summed E-state index contributed by atoms with van der Waals surface area (Å²) >= 11 is 0. The Morgan fingerprint density at radius 1 is 1.33 bits per heavy atom. The van der Waals surface area contributed by atoms with E-state index in [0.717, 1.165) is 38.2 Å². The van der Waals surface area contributed by atoms with Gasteiger partial charge in [0.15, 0.2) is 0 Å². The van der Waals surface area contributed by atoms with Gasteiger partial charge in [0.05, 0.1) is 0 Å². The second kappa shape index (κ2) is 6.30. The molecule has 2 rings (SSSR count). The van der Waals surface area contributed by atoms with Crippen molar-refractivity contribution in [3.63, 3.8) is 0 Å². The van der Waals surface area contributed by atoms with Gasteiger partial charge in [-0.2, -0.15) is 0 Å². The molecule has 0 aromatic heterocycles. The maximum Gasteiger partial charge on any atom is 0.126 e. The van der Waals surface area contributed by atoms with Gasteiger partial charge in [0.25, 0.3) is 0 Å². The van der Waals surface area contributed by atoms with Crippen LogP contribution in [0.4, 0.5) is 4.39 Å². The molecule has 0 bridgehead atoms. The van der Waals surface area contributed by atoms with Gasteiger partial charge >= 0.3 is 0 Å². The van der Waals surface area contributed by atoms with Crippen LogP contribution in [0, 0.1) is 12.7 Å². The van der Waals surface area contributed by atoms with Crippen molar-refractivity contribution in [2.24, 2.45) is 0 Å². The standard InChI is InChI=1S/C15H23FN2/c1-3-15(18-9-4-7-17-8-10-18)13-5-6-14(16)12(2)11-13/h5-6,11,15,17H,3-4,7-10H2,1-2H3. The average molecular weight is 250 g/mol. The van der Waals surface area contributed by atoms with E-state index in [2.05, 4.69) is 17.1 Å². The topological polar surface area (TPSA) is 15.3 Å². The third kappa shape index (κ3) is 3.09. The van der Waals surface area contributed by atoms with Crippen molar-refractivity contribution >= 4 is 0 Å². The van der Waals surface area contributed by atoms with E-state index in [4.69, 9.17) is 0 Å². The highest BCUT2D eigenvalue weighted by molar-refractivity contribution is 5.26. The minimum Gasteiger partial charge on any atom is -0.315 e. The molecule has 1 N–H and O–H groups in total. The number of halogens is 1. The van der Waals surface area contributed by atoms with Crippen molar-refractivity contribution in [1.82, 2.24) is 10.2 Å². The first kappa shape index (κ1) is 13.5. The number of aryl methyl sites for hydroxylation is 1. The van der Waals surface area contributed by atoms with Gasteiger partial charge in [0, 0.05) is 25.7 Å². The Balaban J connectivity index is 2.17. The molecular formula is C15H23FN2. The SMILES string of the molecule is CCC(c1ccc(F)c(C)c1)N1CCCNCC1. The van der Waals surface area contributed by atoms with Gasteiger partial charge in [0.1, 0.15) is 5.82 Å². The molecule has 3 heteroatoms. The molecule has 1 heterocycles. The Labute approximate surface area is 109 Å². The highest BCUT2D eigenvalue weighted by Crippen LogP contribution is 2.26. The van der Waals surface area contributed by atoms with E-state index in [9.17, 15) is 4.39 Å². The van der Waals surface area contributed by atoms with Crippen LogP contribution in [-0.4, -0.2) is 31.1 Å². The minimum absolute atomic E-state index is 0.105. The van der Waals surface area contributed by atoms with Crippen LogP contribution < -0.4 is 5.32 Å². The summed E-state index contributed by atoms with van der Waals surface area (Å²) in [5, 5.41) is 3.43. The van der Waals surface area contributed by atoms with Crippen molar-refractivity contribution in [3.05, 3.63) is 35.1 Å². The summed E-state index contributed by atoms with van der Waals surface area (Å²) in [6.45, 7) is 8.42. The van der Waals surface area contributed by atoms with E-state index in [0.29, 0.717) is 6.04 Å². The molecule has 2 nitrogen and oxygen atoms in total. The summed E-state index contributed by atoms with van der Waals surface area (Å²) in [7, 11) is 0. The largest absolute Gasteiger partial charge is 0.315 e. The van der Waals surface area contributed by atoms with Crippen LogP contribution in [0.15, 0.2) is 18.2 Å². The maximum absolute atomic E-state index is 13.3. The van der Waals surface area contributed by atoms with Crippen LogP contribution >= 0.6 is 0 Å². The third-order valence-corrected chi connectivity index (χ3v) is 3.77. The highest BCUT2D eigenvalue weighted by atomic mass is 19.1. The second-order valence-corrected chi connectivity index (χ2v) is 5.07. The van der Waals surface area contributed by atoms with Crippen LogP contribution in [-0.2, 0) is 0 Å². The van der Waals surface area contributed by atoms with Crippen molar-refractivity contribution < 1.29 is 4.39 Å². The zero-order valence-corrected chi connectivity index (χ0v) is 11.4. The molecule has 100 valence electrons. The Morgan fingerprint density at radius 2 is 2.17 bits per heavy atom. The zero-order chi connectivity index (χ0) is 13.0. The van der Waals surface area contributed by atoms with Gasteiger partial charge in [-0.3, -0.25) is 4.90 Å². The lowest BCUT2D eigenvalue weighted by atomic mass is 10.00. The fourth-order valence-corrected chi connectivity index (χ4v) is 2.76. The van der Waals surface area contributed by atoms with Crippen LogP contribution in [0.2, 0.25) is 0 Å². The number of nitrogens with zero attached hydrogens (tertiary/aromatic N) is 1. The molecule has 0 radical (unpaired) electrons. The summed E-state index contributed by atoms with van der Waals surface area (Å²) < 4.78 is 13.3. The fraction of sp³-hybridized carbons (Fsp3) is 0.600. The molecule has 0 spiro atoms. The van der Waals surface area contributed by atoms with Crippen LogP contribution in [0.3, 0.4) is 0 Å². The van der Waals surface area contributed by atoms with Gasteiger partial charge in [-0.15, -0.1) is 0 Å². The maximum atomic E-state index is 13.3. The van der Waals surface area contributed by atoms with Gasteiger partial charge in [-0.25, -0.2) is 4.39 Å². The summed E-state index contributed by atoms with van der Waals surface area (Å²) in [6.07, 6.45) is 2.27. The highest BCUT2D eigenvalue weighted by Gasteiger charge is 2.20. The van der Waals surface area contributed by atoms with E-state index in [1.54, 1.807) is 6.07 Å². The van der Waals surface area contributed by atoms with Gasteiger partial charge < -0.3 is 5.32 Å². The molecule has 1 aromatic rings. The molecule has 0 saturated carbocycles. The third-order valence-electron chi connectivity index (χ3n) is 3.77. The van der Waals surface area contributed by atoms with Crippen LogP contribution in [0.1, 0.15) is 36.9 Å². The molecule has 1 atom stereocenters. The van der Waals surface area contributed by atoms with Gasteiger partial charge in [0.2, 0.25) is 0 Å². The molecule has 1 aromatic carbocycles. The average Bonchev–Trinajstić information content (AvgIpc) is 2.64. The monoisotopic (exact) mass is 250 g/mol. The van der Waals surface area contributed by atoms with Crippen molar-refractivity contribution in [2.45, 2.75) is 32.7 Å². The Morgan fingerprint density at radius 3 is 2.89 bits per heavy atom. The predicted molar refractivity (Wildman–Crippen MR) is 73.2 cm³/mol. The summed E-state index contributed by atoms with van der Waals surface area (Å²) in [5.41, 5.74) is 2.00. The molecule has 18 heavy (non-hydrogen) atoms. The van der Waals surface area contributed by atoms with Crippen molar-refractivity contribution in [1.29, 1.82) is 0 Å². The molecule has 1 aliphatic heterocycles. The lowest BCUT2D eigenvalue weighted by Gasteiger charge is -2.30. The molecule has 1 fully saturated rings. The molecule has 0 aliphatic carbocycles. The van der Waals surface area contributed by atoms with Gasteiger partial charge in [-0.05, 0) is 43.5 Å². The Kier molecular flexibility index (Phi) is 4.72. The lowest BCUT2D eigenvalue weighted by molar-refractivity contribution is 0.205. The predicted octanol–water partition coefficient (Wildman–Crippen LogP) is 2.88. The molecule has 1 unspecified atom stereocenters. The zero-order valence-electron chi connectivity index (χ0n) is 11.4. The molecule has 0 amide bonds. The lowest BCUT2D eigenvalue weighted by Crippen LogP contribution is -2.32. The summed E-state index contributed by atoms with van der Waals surface area (Å²) in [4.78, 5) is 2.52. The Hall–Kier alpha value is -0.930. The van der Waals surface area contributed by atoms with Gasteiger partial charge in [-0.1, -0.05) is 19.1 Å². The first-order chi connectivity index (χ1) is 8.72. The van der Waals surface area contributed by atoms with E-state index >= 15 is 0 Å². The van der Waals surface area contributed by atoms with E-state index in [1.165, 1.54) is 12.0 Å². The molecular weight excluding hydrogens is 227 g/mol. The van der Waals surface area contributed by atoms with Crippen LogP contribution in [0.25, 0.3) is 0 Å². The summed E-state index contributed by atoms with van der Waals surface area (Å²) in [6, 6.07) is 5.96. The van der Waals surface area contributed by atoms with Crippen molar-refractivity contribution in [3.8, 4) is 0 Å². The van der Waals surface area contributed by atoms with E-state index in [1.807, 2.05) is 19.1 Å². The smallest absolute Gasteiger partial charge is 0.126 e. The number of hydrogen-bond acceptors (Lipinski definition) is 2. The van der Waals surface area contributed by atoms with E-state index in [-0.39, 0.29) is 5.82 Å². The number of hydrogen-bond donors (Lipinski definition) is 1. The number of rotatable bonds is 3. The van der Waals surface area contributed by atoms with Crippen molar-refractivity contribution in [2.75, 3.05) is 26.2 Å².